The molecule has 1 N–H and O–H groups in total. The van der Waals surface area contributed by atoms with Crippen LogP contribution in [0.1, 0.15) is 19.3 Å². The van der Waals surface area contributed by atoms with Crippen molar-refractivity contribution >= 4 is 57.7 Å². The van der Waals surface area contributed by atoms with Crippen LogP contribution < -0.4 is 10.2 Å². The van der Waals surface area contributed by atoms with Crippen LogP contribution >= 0.6 is 34.8 Å². The molecule has 6 nitrogen and oxygen atoms in total. The minimum absolute atomic E-state index is 0.0466. The lowest BCUT2D eigenvalue weighted by Gasteiger charge is -2.32. The highest BCUT2D eigenvalue weighted by molar-refractivity contribution is 6.42. The average molecular weight is 512 g/mol. The number of imidazole rings is 1. The largest absolute Gasteiger partial charge is 0.379 e. The first kappa shape index (κ1) is 22.7. The summed E-state index contributed by atoms with van der Waals surface area (Å²) in [5.41, 5.74) is 1.94. The molecule has 10 heteroatoms. The van der Waals surface area contributed by atoms with E-state index < -0.39 is 5.82 Å². The van der Waals surface area contributed by atoms with Crippen LogP contribution in [0.3, 0.4) is 0 Å². The lowest BCUT2D eigenvalue weighted by molar-refractivity contribution is -0.126. The Morgan fingerprint density at radius 2 is 1.82 bits per heavy atom. The molecule has 3 aromatic rings. The lowest BCUT2D eigenvalue weighted by Crippen LogP contribution is -2.44. The summed E-state index contributed by atoms with van der Waals surface area (Å²) in [6.07, 6.45) is 2.25. The van der Waals surface area contributed by atoms with E-state index in [-0.39, 0.29) is 22.9 Å². The molecule has 0 spiro atoms. The molecule has 33 heavy (non-hydrogen) atoms. The molecule has 3 heterocycles. The summed E-state index contributed by atoms with van der Waals surface area (Å²) in [4.78, 5) is 19.6. The normalized spacial score (nSPS) is 19.4. The number of hydrogen-bond donors (Lipinski definition) is 1. The third-order valence-corrected chi connectivity index (χ3v) is 7.29. The predicted octanol–water partition coefficient (Wildman–Crippen LogP) is 5.25. The second kappa shape index (κ2) is 9.29. The van der Waals surface area contributed by atoms with E-state index in [1.165, 1.54) is 12.1 Å². The number of hydrogen-bond acceptors (Lipinski definition) is 4. The van der Waals surface area contributed by atoms with E-state index in [1.807, 2.05) is 4.57 Å². The number of nitrogens with one attached hydrogen (secondary N) is 1. The molecular weight excluding hydrogens is 490 g/mol. The van der Waals surface area contributed by atoms with Crippen molar-refractivity contribution in [3.05, 3.63) is 51.2 Å². The number of amides is 1. The SMILES string of the molecule is O=C(N[C@@H]1CCOC1)C1CCN(c2nc3cc(Cl)c(Cl)cc3n2-c2ccc(Cl)c(F)c2)CC1. The summed E-state index contributed by atoms with van der Waals surface area (Å²) >= 11 is 18.4. The van der Waals surface area contributed by atoms with E-state index in [1.54, 1.807) is 18.2 Å². The molecule has 2 aliphatic rings. The number of carbonyl (C=O) groups is 1. The van der Waals surface area contributed by atoms with Gasteiger partial charge in [-0.3, -0.25) is 9.36 Å². The standard InChI is InChI=1S/C23H22Cl3FN4O2/c24-16-2-1-15(9-19(16)27)31-21-11-18(26)17(25)10-20(21)29-23(31)30-6-3-13(4-7-30)22(32)28-14-5-8-33-12-14/h1-2,9-11,13-14H,3-8,12H2,(H,28,32)/t14-/m1/s1. The smallest absolute Gasteiger partial charge is 0.223 e. The zero-order valence-electron chi connectivity index (χ0n) is 17.7. The number of aromatic nitrogens is 2. The number of halogens is 4. The van der Waals surface area contributed by atoms with Crippen LogP contribution in [0.5, 0.6) is 0 Å². The molecule has 0 bridgehead atoms. The molecular formula is C23H22Cl3FN4O2. The van der Waals surface area contributed by atoms with Gasteiger partial charge >= 0.3 is 0 Å². The highest BCUT2D eigenvalue weighted by atomic mass is 35.5. The maximum Gasteiger partial charge on any atom is 0.223 e. The van der Waals surface area contributed by atoms with Gasteiger partial charge in [-0.15, -0.1) is 0 Å². The molecule has 0 saturated carbocycles. The van der Waals surface area contributed by atoms with Crippen LogP contribution in [0, 0.1) is 11.7 Å². The van der Waals surface area contributed by atoms with Crippen molar-refractivity contribution in [1.82, 2.24) is 14.9 Å². The van der Waals surface area contributed by atoms with Crippen molar-refractivity contribution in [1.29, 1.82) is 0 Å². The maximum atomic E-state index is 14.3. The first-order chi connectivity index (χ1) is 15.9. The van der Waals surface area contributed by atoms with Crippen molar-refractivity contribution in [2.75, 3.05) is 31.2 Å². The van der Waals surface area contributed by atoms with Gasteiger partial charge in [0.15, 0.2) is 0 Å². The van der Waals surface area contributed by atoms with Gasteiger partial charge in [-0.25, -0.2) is 9.37 Å². The Balaban J connectivity index is 1.44. The van der Waals surface area contributed by atoms with Gasteiger partial charge in [0.2, 0.25) is 11.9 Å². The molecule has 0 unspecified atom stereocenters. The Morgan fingerprint density at radius 3 is 2.52 bits per heavy atom. The van der Waals surface area contributed by atoms with Crippen LogP contribution in [0.4, 0.5) is 10.3 Å². The summed E-state index contributed by atoms with van der Waals surface area (Å²) in [6.45, 7) is 2.55. The molecule has 1 amide bonds. The number of ether oxygens (including phenoxy) is 1. The molecule has 2 aliphatic heterocycles. The highest BCUT2D eigenvalue weighted by Crippen LogP contribution is 2.35. The second-order valence-corrected chi connectivity index (χ2v) is 9.65. The molecule has 2 saturated heterocycles. The van der Waals surface area contributed by atoms with Crippen LogP contribution in [0.2, 0.25) is 15.1 Å². The average Bonchev–Trinajstić information content (AvgIpc) is 3.44. The number of nitrogens with zero attached hydrogens (tertiary/aromatic N) is 3. The van der Waals surface area contributed by atoms with Gasteiger partial charge in [-0.05, 0) is 49.6 Å². The minimum Gasteiger partial charge on any atom is -0.379 e. The topological polar surface area (TPSA) is 59.4 Å². The van der Waals surface area contributed by atoms with Crippen molar-refractivity contribution in [2.45, 2.75) is 25.3 Å². The maximum absolute atomic E-state index is 14.3. The van der Waals surface area contributed by atoms with Crippen molar-refractivity contribution in [3.63, 3.8) is 0 Å². The summed E-state index contributed by atoms with van der Waals surface area (Å²) in [6, 6.07) is 8.17. The predicted molar refractivity (Wildman–Crippen MR) is 128 cm³/mol. The zero-order chi connectivity index (χ0) is 23.1. The summed E-state index contributed by atoms with van der Waals surface area (Å²) in [5.74, 6) is 0.148. The second-order valence-electron chi connectivity index (χ2n) is 8.43. The zero-order valence-corrected chi connectivity index (χ0v) is 19.9. The van der Waals surface area contributed by atoms with Gasteiger partial charge in [0, 0.05) is 25.6 Å². The quantitative estimate of drug-likeness (QED) is 0.520. The first-order valence-corrected chi connectivity index (χ1v) is 12.0. The van der Waals surface area contributed by atoms with E-state index in [2.05, 4.69) is 10.2 Å². The Labute approximate surface area is 205 Å². The fraction of sp³-hybridized carbons (Fsp3) is 0.391. The van der Waals surface area contributed by atoms with Gasteiger partial charge in [0.05, 0.1) is 44.4 Å². The fourth-order valence-corrected chi connectivity index (χ4v) is 4.89. The van der Waals surface area contributed by atoms with Gasteiger partial charge in [-0.1, -0.05) is 34.8 Å². The third-order valence-electron chi connectivity index (χ3n) is 6.26. The Morgan fingerprint density at radius 1 is 1.06 bits per heavy atom. The first-order valence-electron chi connectivity index (χ1n) is 10.9. The van der Waals surface area contributed by atoms with Crippen LogP contribution in [-0.2, 0) is 9.53 Å². The van der Waals surface area contributed by atoms with Crippen molar-refractivity contribution < 1.29 is 13.9 Å². The van der Waals surface area contributed by atoms with Gasteiger partial charge in [0.1, 0.15) is 5.82 Å². The fourth-order valence-electron chi connectivity index (χ4n) is 4.46. The minimum atomic E-state index is -0.520. The van der Waals surface area contributed by atoms with Gasteiger partial charge in [-0.2, -0.15) is 0 Å². The van der Waals surface area contributed by atoms with E-state index in [9.17, 15) is 9.18 Å². The van der Waals surface area contributed by atoms with Gasteiger partial charge < -0.3 is 15.0 Å². The molecule has 2 aromatic carbocycles. The van der Waals surface area contributed by atoms with E-state index >= 15 is 0 Å². The summed E-state index contributed by atoms with van der Waals surface area (Å²) < 4.78 is 21.5. The number of rotatable bonds is 4. The molecule has 0 radical (unpaired) electrons. The summed E-state index contributed by atoms with van der Waals surface area (Å²) in [5, 5.41) is 3.93. The van der Waals surface area contributed by atoms with Gasteiger partial charge in [0.25, 0.3) is 0 Å². The van der Waals surface area contributed by atoms with Crippen molar-refractivity contribution in [3.8, 4) is 5.69 Å². The van der Waals surface area contributed by atoms with Crippen LogP contribution in [0.15, 0.2) is 30.3 Å². The molecule has 1 aromatic heterocycles. The number of benzene rings is 2. The Hall–Kier alpha value is -2.06. The number of carbonyl (C=O) groups excluding carboxylic acids is 1. The lowest BCUT2D eigenvalue weighted by atomic mass is 9.95. The van der Waals surface area contributed by atoms with E-state index in [0.29, 0.717) is 71.9 Å². The summed E-state index contributed by atoms with van der Waals surface area (Å²) in [7, 11) is 0. The van der Waals surface area contributed by atoms with E-state index in [4.69, 9.17) is 44.5 Å². The van der Waals surface area contributed by atoms with Crippen LogP contribution in [-0.4, -0.2) is 47.8 Å². The molecule has 174 valence electrons. The number of fused-ring (bicyclic) bond motifs is 1. The number of piperidine rings is 1. The highest BCUT2D eigenvalue weighted by Gasteiger charge is 2.30. The molecule has 5 rings (SSSR count). The Kier molecular flexibility index (Phi) is 6.40. The molecule has 1 atom stereocenters. The van der Waals surface area contributed by atoms with Crippen LogP contribution in [0.25, 0.3) is 16.7 Å². The monoisotopic (exact) mass is 510 g/mol. The Bertz CT molecular complexity index is 1200. The molecule has 0 aliphatic carbocycles. The number of anilines is 1. The third kappa shape index (κ3) is 4.52. The van der Waals surface area contributed by atoms with Crippen molar-refractivity contribution in [2.24, 2.45) is 5.92 Å². The van der Waals surface area contributed by atoms with E-state index in [0.717, 1.165) is 6.42 Å². The molecule has 2 fully saturated rings.